The zero-order chi connectivity index (χ0) is 16.9. The number of primary amides is 1. The fourth-order valence-corrected chi connectivity index (χ4v) is 3.05. The monoisotopic (exact) mass is 336 g/mol. The number of amides is 2. The van der Waals surface area contributed by atoms with E-state index in [0.29, 0.717) is 11.3 Å². The van der Waals surface area contributed by atoms with E-state index >= 15 is 0 Å². The Balaban J connectivity index is 1.75. The molecule has 120 valence electrons. The molecule has 4 nitrogen and oxygen atoms in total. The average molecular weight is 336 g/mol. The van der Waals surface area contributed by atoms with E-state index in [4.69, 9.17) is 5.73 Å². The van der Waals surface area contributed by atoms with Crippen LogP contribution in [0.5, 0.6) is 0 Å². The Kier molecular flexibility index (Phi) is 4.82. The van der Waals surface area contributed by atoms with Crippen LogP contribution in [0.2, 0.25) is 0 Å². The molecule has 0 fully saturated rings. The van der Waals surface area contributed by atoms with Gasteiger partial charge in [-0.05, 0) is 41.1 Å². The lowest BCUT2D eigenvalue weighted by Gasteiger charge is -2.08. The summed E-state index contributed by atoms with van der Waals surface area (Å²) < 4.78 is 0. The maximum atomic E-state index is 12.4. The number of carbonyl (C=O) groups excluding carboxylic acids is 2. The van der Waals surface area contributed by atoms with Crippen LogP contribution in [0.25, 0.3) is 10.8 Å². The Morgan fingerprint density at radius 3 is 2.50 bits per heavy atom. The molecule has 0 heterocycles. The highest BCUT2D eigenvalue weighted by Gasteiger charge is 2.08. The first-order valence-electron chi connectivity index (χ1n) is 7.43. The van der Waals surface area contributed by atoms with Crippen molar-refractivity contribution in [3.63, 3.8) is 0 Å². The largest absolute Gasteiger partial charge is 0.369 e. The van der Waals surface area contributed by atoms with E-state index in [1.54, 1.807) is 0 Å². The van der Waals surface area contributed by atoms with Crippen molar-refractivity contribution in [3.05, 3.63) is 72.3 Å². The van der Waals surface area contributed by atoms with Crippen LogP contribution in [0.15, 0.2) is 71.6 Å². The third kappa shape index (κ3) is 3.94. The third-order valence-corrected chi connectivity index (χ3v) is 4.50. The maximum Gasteiger partial charge on any atom is 0.255 e. The van der Waals surface area contributed by atoms with Crippen molar-refractivity contribution in [3.8, 4) is 0 Å². The van der Waals surface area contributed by atoms with E-state index in [1.165, 1.54) is 11.8 Å². The SMILES string of the molecule is NC(=O)CSc1cccc(NC(=O)c2ccc3ccccc3c2)c1. The van der Waals surface area contributed by atoms with Crippen LogP contribution in [-0.2, 0) is 4.79 Å². The summed E-state index contributed by atoms with van der Waals surface area (Å²) in [7, 11) is 0. The van der Waals surface area contributed by atoms with Crippen molar-refractivity contribution in [1.29, 1.82) is 0 Å². The molecule has 3 aromatic rings. The van der Waals surface area contributed by atoms with Gasteiger partial charge in [0, 0.05) is 16.1 Å². The van der Waals surface area contributed by atoms with E-state index in [-0.39, 0.29) is 17.6 Å². The Morgan fingerprint density at radius 1 is 0.917 bits per heavy atom. The van der Waals surface area contributed by atoms with Crippen LogP contribution >= 0.6 is 11.8 Å². The quantitative estimate of drug-likeness (QED) is 0.698. The van der Waals surface area contributed by atoms with Crippen LogP contribution in [0.3, 0.4) is 0 Å². The molecule has 0 atom stereocenters. The normalized spacial score (nSPS) is 10.5. The fraction of sp³-hybridized carbons (Fsp3) is 0.0526. The second kappa shape index (κ2) is 7.19. The van der Waals surface area contributed by atoms with E-state index in [2.05, 4.69) is 5.32 Å². The minimum absolute atomic E-state index is 0.169. The highest BCUT2D eigenvalue weighted by molar-refractivity contribution is 8.00. The molecular weight excluding hydrogens is 320 g/mol. The summed E-state index contributed by atoms with van der Waals surface area (Å²) >= 11 is 1.34. The molecule has 0 aliphatic carbocycles. The van der Waals surface area contributed by atoms with Crippen LogP contribution in [0.1, 0.15) is 10.4 Å². The summed E-state index contributed by atoms with van der Waals surface area (Å²) in [5.74, 6) is -0.328. The van der Waals surface area contributed by atoms with E-state index in [1.807, 2.05) is 66.7 Å². The summed E-state index contributed by atoms with van der Waals surface area (Å²) in [5, 5.41) is 5.00. The molecule has 3 N–H and O–H groups in total. The second-order valence-corrected chi connectivity index (χ2v) is 6.35. The van der Waals surface area contributed by atoms with Crippen molar-refractivity contribution in [2.45, 2.75) is 4.90 Å². The second-order valence-electron chi connectivity index (χ2n) is 5.30. The molecule has 0 aliphatic heterocycles. The number of nitrogens with one attached hydrogen (secondary N) is 1. The van der Waals surface area contributed by atoms with Crippen LogP contribution in [-0.4, -0.2) is 17.6 Å². The zero-order valence-electron chi connectivity index (χ0n) is 12.9. The number of nitrogens with two attached hydrogens (primary N) is 1. The minimum Gasteiger partial charge on any atom is -0.369 e. The predicted octanol–water partition coefficient (Wildman–Crippen LogP) is 3.67. The van der Waals surface area contributed by atoms with Gasteiger partial charge in [0.1, 0.15) is 0 Å². The average Bonchev–Trinajstić information content (AvgIpc) is 2.60. The Morgan fingerprint density at radius 2 is 1.71 bits per heavy atom. The molecule has 2 amide bonds. The molecule has 5 heteroatoms. The van der Waals surface area contributed by atoms with E-state index in [9.17, 15) is 9.59 Å². The Labute approximate surface area is 144 Å². The van der Waals surface area contributed by atoms with Crippen molar-refractivity contribution in [1.82, 2.24) is 0 Å². The van der Waals surface area contributed by atoms with E-state index in [0.717, 1.165) is 15.7 Å². The van der Waals surface area contributed by atoms with Gasteiger partial charge in [0.05, 0.1) is 5.75 Å². The Bertz CT molecular complexity index is 909. The predicted molar refractivity (Wildman–Crippen MR) is 98.3 cm³/mol. The molecule has 24 heavy (non-hydrogen) atoms. The fourth-order valence-electron chi connectivity index (χ4n) is 2.35. The van der Waals surface area contributed by atoms with Gasteiger partial charge in [0.2, 0.25) is 5.91 Å². The van der Waals surface area contributed by atoms with Gasteiger partial charge in [0.15, 0.2) is 0 Å². The lowest BCUT2D eigenvalue weighted by Crippen LogP contribution is -2.13. The maximum absolute atomic E-state index is 12.4. The van der Waals surface area contributed by atoms with Crippen LogP contribution in [0.4, 0.5) is 5.69 Å². The van der Waals surface area contributed by atoms with Gasteiger partial charge >= 0.3 is 0 Å². The number of fused-ring (bicyclic) bond motifs is 1. The van der Waals surface area contributed by atoms with Crippen molar-refractivity contribution < 1.29 is 9.59 Å². The first kappa shape index (κ1) is 16.1. The number of hydrogen-bond donors (Lipinski definition) is 2. The van der Waals surface area contributed by atoms with Crippen LogP contribution in [0, 0.1) is 0 Å². The number of thioether (sulfide) groups is 1. The summed E-state index contributed by atoms with van der Waals surface area (Å²) in [6, 6.07) is 20.9. The summed E-state index contributed by atoms with van der Waals surface area (Å²) in [6.45, 7) is 0. The van der Waals surface area contributed by atoms with Gasteiger partial charge in [-0.3, -0.25) is 9.59 Å². The van der Waals surface area contributed by atoms with Crippen molar-refractivity contribution in [2.24, 2.45) is 5.73 Å². The Hall–Kier alpha value is -2.79. The molecule has 0 saturated carbocycles. The molecular formula is C19H16N2O2S. The molecule has 0 aromatic heterocycles. The smallest absolute Gasteiger partial charge is 0.255 e. The van der Waals surface area contributed by atoms with Gasteiger partial charge in [-0.15, -0.1) is 11.8 Å². The molecule has 3 rings (SSSR count). The summed E-state index contributed by atoms with van der Waals surface area (Å²) in [4.78, 5) is 24.2. The third-order valence-electron chi connectivity index (χ3n) is 3.48. The first-order chi connectivity index (χ1) is 11.6. The number of anilines is 1. The topological polar surface area (TPSA) is 72.2 Å². The molecule has 0 saturated heterocycles. The highest BCUT2D eigenvalue weighted by atomic mass is 32.2. The molecule has 0 aliphatic rings. The number of benzene rings is 3. The first-order valence-corrected chi connectivity index (χ1v) is 8.42. The van der Waals surface area contributed by atoms with E-state index < -0.39 is 0 Å². The minimum atomic E-state index is -0.370. The lowest BCUT2D eigenvalue weighted by molar-refractivity contribution is -0.115. The van der Waals surface area contributed by atoms with Gasteiger partial charge in [0.25, 0.3) is 5.91 Å². The number of rotatable bonds is 5. The van der Waals surface area contributed by atoms with Crippen LogP contribution < -0.4 is 11.1 Å². The van der Waals surface area contributed by atoms with Crippen molar-refractivity contribution >= 4 is 40.0 Å². The van der Waals surface area contributed by atoms with Crippen molar-refractivity contribution in [2.75, 3.05) is 11.1 Å². The van der Waals surface area contributed by atoms with Gasteiger partial charge in [-0.2, -0.15) is 0 Å². The van der Waals surface area contributed by atoms with Gasteiger partial charge < -0.3 is 11.1 Å². The number of carbonyl (C=O) groups is 2. The lowest BCUT2D eigenvalue weighted by atomic mass is 10.1. The molecule has 0 spiro atoms. The summed E-state index contributed by atoms with van der Waals surface area (Å²) in [6.07, 6.45) is 0. The highest BCUT2D eigenvalue weighted by Crippen LogP contribution is 2.22. The zero-order valence-corrected chi connectivity index (χ0v) is 13.7. The van der Waals surface area contributed by atoms with Gasteiger partial charge in [-0.1, -0.05) is 36.4 Å². The molecule has 0 radical (unpaired) electrons. The molecule has 3 aromatic carbocycles. The molecule has 0 bridgehead atoms. The van der Waals surface area contributed by atoms with Gasteiger partial charge in [-0.25, -0.2) is 0 Å². The number of hydrogen-bond acceptors (Lipinski definition) is 3. The summed E-state index contributed by atoms with van der Waals surface area (Å²) in [5.41, 5.74) is 6.43. The standard InChI is InChI=1S/C19H16N2O2S/c20-18(22)12-24-17-7-3-6-16(11-17)21-19(23)15-9-8-13-4-1-2-5-14(13)10-15/h1-11H,12H2,(H2,20,22)(H,21,23). The molecule has 0 unspecified atom stereocenters.